The molecule has 1 amide bonds. The van der Waals surface area contributed by atoms with Gasteiger partial charge in [-0.3, -0.25) is 4.90 Å². The molecule has 0 saturated heterocycles. The van der Waals surface area contributed by atoms with E-state index in [-0.39, 0.29) is 6.54 Å². The third kappa shape index (κ3) is 4.64. The molecule has 0 aromatic heterocycles. The highest BCUT2D eigenvalue weighted by Crippen LogP contribution is 2.09. The fraction of sp³-hybridized carbons (Fsp3) is 0.778. The molecule has 88 valence electrons. The van der Waals surface area contributed by atoms with Crippen molar-refractivity contribution in [3.63, 3.8) is 0 Å². The van der Waals surface area contributed by atoms with E-state index >= 15 is 0 Å². The number of carboxylic acids is 1. The zero-order valence-corrected chi connectivity index (χ0v) is 8.85. The second-order valence-electron chi connectivity index (χ2n) is 3.21. The van der Waals surface area contributed by atoms with Gasteiger partial charge in [0, 0.05) is 6.54 Å². The van der Waals surface area contributed by atoms with Crippen LogP contribution in [0.1, 0.15) is 26.2 Å². The Bertz CT molecular complexity index is 220. The van der Waals surface area contributed by atoms with Gasteiger partial charge in [-0.1, -0.05) is 0 Å². The van der Waals surface area contributed by atoms with E-state index in [0.717, 1.165) is 4.90 Å². The summed E-state index contributed by atoms with van der Waals surface area (Å²) in [5.74, 6) is -1.10. The second kappa shape index (κ2) is 7.05. The smallest absolute Gasteiger partial charge is 0.408 e. The van der Waals surface area contributed by atoms with Crippen LogP contribution in [0.5, 0.6) is 0 Å². The largest absolute Gasteiger partial charge is 0.480 e. The number of hydrogen-bond acceptors (Lipinski definition) is 3. The van der Waals surface area contributed by atoms with E-state index in [0.29, 0.717) is 25.8 Å². The van der Waals surface area contributed by atoms with Crippen LogP contribution in [0.2, 0.25) is 0 Å². The van der Waals surface area contributed by atoms with Crippen molar-refractivity contribution in [3.05, 3.63) is 0 Å². The molecular weight excluding hydrogens is 200 g/mol. The third-order valence-corrected chi connectivity index (χ3v) is 2.18. The molecule has 0 rings (SSSR count). The lowest BCUT2D eigenvalue weighted by atomic mass is 10.1. The van der Waals surface area contributed by atoms with Gasteiger partial charge in [0.1, 0.15) is 6.04 Å². The number of likely N-dealkylation sites (N-methyl/N-ethyl adjacent to an activating group) is 1. The van der Waals surface area contributed by atoms with Crippen molar-refractivity contribution in [2.45, 2.75) is 32.2 Å². The number of unbranched alkanes of at least 4 members (excludes halogenated alkanes) is 1. The van der Waals surface area contributed by atoms with Gasteiger partial charge < -0.3 is 15.9 Å². The zero-order valence-electron chi connectivity index (χ0n) is 8.85. The van der Waals surface area contributed by atoms with Crippen LogP contribution in [-0.2, 0) is 4.79 Å². The van der Waals surface area contributed by atoms with E-state index in [1.807, 2.05) is 0 Å². The molecule has 6 nitrogen and oxygen atoms in total. The topological polar surface area (TPSA) is 104 Å². The summed E-state index contributed by atoms with van der Waals surface area (Å²) in [4.78, 5) is 22.5. The fourth-order valence-corrected chi connectivity index (χ4v) is 1.38. The van der Waals surface area contributed by atoms with Gasteiger partial charge in [-0.05, 0) is 32.7 Å². The number of amides is 1. The van der Waals surface area contributed by atoms with Crippen LogP contribution in [0.4, 0.5) is 4.79 Å². The normalized spacial score (nSPS) is 12.1. The molecule has 0 aliphatic carbocycles. The van der Waals surface area contributed by atoms with E-state index in [1.54, 1.807) is 6.92 Å². The van der Waals surface area contributed by atoms with Gasteiger partial charge in [-0.15, -0.1) is 0 Å². The van der Waals surface area contributed by atoms with Crippen LogP contribution in [0.15, 0.2) is 0 Å². The molecule has 0 radical (unpaired) electrons. The lowest BCUT2D eigenvalue weighted by Gasteiger charge is -2.24. The summed E-state index contributed by atoms with van der Waals surface area (Å²) in [7, 11) is 0. The van der Waals surface area contributed by atoms with Crippen molar-refractivity contribution >= 4 is 12.1 Å². The molecule has 0 aliphatic heterocycles. The molecule has 6 heteroatoms. The number of rotatable bonds is 7. The van der Waals surface area contributed by atoms with Crippen molar-refractivity contribution < 1.29 is 19.8 Å². The Hall–Kier alpha value is -1.30. The third-order valence-electron chi connectivity index (χ3n) is 2.18. The summed E-state index contributed by atoms with van der Waals surface area (Å²) in [6, 6.07) is -0.959. The Kier molecular flexibility index (Phi) is 6.44. The quantitative estimate of drug-likeness (QED) is 0.542. The molecule has 4 N–H and O–H groups in total. The summed E-state index contributed by atoms with van der Waals surface area (Å²) >= 11 is 0. The Morgan fingerprint density at radius 3 is 2.27 bits per heavy atom. The zero-order chi connectivity index (χ0) is 11.8. The van der Waals surface area contributed by atoms with Gasteiger partial charge >= 0.3 is 12.1 Å². The first-order chi connectivity index (χ1) is 7.04. The number of aliphatic carboxylic acids is 1. The molecule has 0 fully saturated rings. The lowest BCUT2D eigenvalue weighted by Crippen LogP contribution is -2.44. The standard InChI is InChI=1S/C9H18N2O4/c1-2-11(9(14)15)7(8(12)13)5-3-4-6-10/h7H,2-6,10H2,1H3,(H,12,13)(H,14,15)/t7-/m0/s1. The molecule has 0 heterocycles. The molecule has 0 aliphatic rings. The van der Waals surface area contributed by atoms with E-state index in [2.05, 4.69) is 0 Å². The Balaban J connectivity index is 4.35. The molecule has 0 bridgehead atoms. The van der Waals surface area contributed by atoms with Crippen molar-refractivity contribution in [3.8, 4) is 0 Å². The summed E-state index contributed by atoms with van der Waals surface area (Å²) in [5.41, 5.74) is 5.28. The number of carboxylic acid groups (broad SMARTS) is 2. The van der Waals surface area contributed by atoms with Gasteiger partial charge in [0.15, 0.2) is 0 Å². The maximum absolute atomic E-state index is 10.9. The minimum Gasteiger partial charge on any atom is -0.480 e. The second-order valence-corrected chi connectivity index (χ2v) is 3.21. The number of carbonyl (C=O) groups is 2. The highest BCUT2D eigenvalue weighted by molar-refractivity contribution is 5.79. The number of nitrogens with zero attached hydrogens (tertiary/aromatic N) is 1. The summed E-state index contributed by atoms with van der Waals surface area (Å²) in [6.45, 7) is 2.29. The number of hydrogen-bond donors (Lipinski definition) is 3. The highest BCUT2D eigenvalue weighted by Gasteiger charge is 2.27. The average molecular weight is 218 g/mol. The summed E-state index contributed by atoms with van der Waals surface area (Å²) in [5, 5.41) is 17.7. The molecule has 0 unspecified atom stereocenters. The van der Waals surface area contributed by atoms with Crippen molar-refractivity contribution in [1.29, 1.82) is 0 Å². The molecule has 0 aromatic carbocycles. The molecule has 15 heavy (non-hydrogen) atoms. The molecule has 0 saturated carbocycles. The van der Waals surface area contributed by atoms with E-state index in [1.165, 1.54) is 0 Å². The predicted octanol–water partition coefficient (Wildman–Crippen LogP) is 0.569. The molecule has 0 spiro atoms. The minimum absolute atomic E-state index is 0.176. The molecule has 0 aromatic rings. The number of nitrogens with two attached hydrogens (primary N) is 1. The van der Waals surface area contributed by atoms with Gasteiger partial charge in [-0.2, -0.15) is 0 Å². The van der Waals surface area contributed by atoms with Gasteiger partial charge in [0.25, 0.3) is 0 Å². The predicted molar refractivity (Wildman–Crippen MR) is 54.7 cm³/mol. The summed E-state index contributed by atoms with van der Waals surface area (Å²) < 4.78 is 0. The first-order valence-corrected chi connectivity index (χ1v) is 4.97. The van der Waals surface area contributed by atoms with Crippen LogP contribution in [0.3, 0.4) is 0 Å². The average Bonchev–Trinajstić information content (AvgIpc) is 2.16. The molecular formula is C9H18N2O4. The Labute approximate surface area is 88.7 Å². The summed E-state index contributed by atoms with van der Waals surface area (Å²) in [6.07, 6.45) is 0.447. The van der Waals surface area contributed by atoms with Gasteiger partial charge in [0.05, 0.1) is 0 Å². The van der Waals surface area contributed by atoms with Crippen molar-refractivity contribution in [2.24, 2.45) is 5.73 Å². The van der Waals surface area contributed by atoms with E-state index in [4.69, 9.17) is 15.9 Å². The van der Waals surface area contributed by atoms with Crippen LogP contribution in [-0.4, -0.2) is 46.3 Å². The first kappa shape index (κ1) is 13.7. The SMILES string of the molecule is CCN(C(=O)O)[C@@H](CCCCN)C(=O)O. The van der Waals surface area contributed by atoms with E-state index < -0.39 is 18.1 Å². The van der Waals surface area contributed by atoms with Crippen LogP contribution < -0.4 is 5.73 Å². The monoisotopic (exact) mass is 218 g/mol. The fourth-order valence-electron chi connectivity index (χ4n) is 1.38. The maximum atomic E-state index is 10.9. The van der Waals surface area contributed by atoms with Crippen LogP contribution in [0.25, 0.3) is 0 Å². The van der Waals surface area contributed by atoms with E-state index in [9.17, 15) is 9.59 Å². The Morgan fingerprint density at radius 2 is 1.93 bits per heavy atom. The lowest BCUT2D eigenvalue weighted by molar-refractivity contribution is -0.142. The molecule has 1 atom stereocenters. The Morgan fingerprint density at radius 1 is 1.33 bits per heavy atom. The van der Waals surface area contributed by atoms with Crippen molar-refractivity contribution in [1.82, 2.24) is 4.90 Å². The van der Waals surface area contributed by atoms with Crippen LogP contribution >= 0.6 is 0 Å². The van der Waals surface area contributed by atoms with Gasteiger partial charge in [-0.25, -0.2) is 9.59 Å². The maximum Gasteiger partial charge on any atom is 0.408 e. The van der Waals surface area contributed by atoms with Crippen molar-refractivity contribution in [2.75, 3.05) is 13.1 Å². The first-order valence-electron chi connectivity index (χ1n) is 4.97. The van der Waals surface area contributed by atoms with Gasteiger partial charge in [0.2, 0.25) is 0 Å². The minimum atomic E-state index is -1.20. The van der Waals surface area contributed by atoms with Crippen LogP contribution in [0, 0.1) is 0 Å². The highest BCUT2D eigenvalue weighted by atomic mass is 16.4.